The SMILES string of the molecule is Cc1cnc(S(=O)(=O)CCS(N)(=O)=O)c([N+](=O)[O-])c1. The van der Waals surface area contributed by atoms with Crippen LogP contribution in [0.3, 0.4) is 0 Å². The second-order valence-electron chi connectivity index (χ2n) is 3.78. The number of rotatable bonds is 5. The first kappa shape index (κ1) is 15.5. The van der Waals surface area contributed by atoms with Gasteiger partial charge in [-0.3, -0.25) is 10.1 Å². The van der Waals surface area contributed by atoms with Gasteiger partial charge in [0.2, 0.25) is 24.9 Å². The molecule has 0 aliphatic carbocycles. The molecule has 0 unspecified atom stereocenters. The van der Waals surface area contributed by atoms with Crippen molar-refractivity contribution >= 4 is 25.5 Å². The highest BCUT2D eigenvalue weighted by Gasteiger charge is 2.28. The van der Waals surface area contributed by atoms with Crippen molar-refractivity contribution < 1.29 is 21.8 Å². The van der Waals surface area contributed by atoms with Crippen LogP contribution in [0, 0.1) is 17.0 Å². The van der Waals surface area contributed by atoms with Crippen LogP contribution in [0.1, 0.15) is 5.56 Å². The van der Waals surface area contributed by atoms with E-state index < -0.39 is 47.0 Å². The maximum atomic E-state index is 11.8. The van der Waals surface area contributed by atoms with Gasteiger partial charge in [0.05, 0.1) is 16.4 Å². The van der Waals surface area contributed by atoms with Gasteiger partial charge in [-0.15, -0.1) is 0 Å². The Hall–Kier alpha value is -1.59. The quantitative estimate of drug-likeness (QED) is 0.561. The van der Waals surface area contributed by atoms with Crippen molar-refractivity contribution in [3.05, 3.63) is 27.9 Å². The van der Waals surface area contributed by atoms with Crippen LogP contribution in [-0.2, 0) is 19.9 Å². The predicted octanol–water partition coefficient (Wildman–Crippen LogP) is -0.640. The third kappa shape index (κ3) is 4.22. The number of nitrogens with zero attached hydrogens (tertiary/aromatic N) is 2. The fraction of sp³-hybridized carbons (Fsp3) is 0.375. The molecule has 0 radical (unpaired) electrons. The van der Waals surface area contributed by atoms with Crippen LogP contribution in [0.5, 0.6) is 0 Å². The van der Waals surface area contributed by atoms with Gasteiger partial charge in [-0.2, -0.15) is 0 Å². The summed E-state index contributed by atoms with van der Waals surface area (Å²) in [6, 6.07) is 1.05. The molecule has 0 fully saturated rings. The Kier molecular flexibility index (Phi) is 4.22. The van der Waals surface area contributed by atoms with E-state index >= 15 is 0 Å². The normalized spacial score (nSPS) is 12.3. The molecule has 1 aromatic rings. The maximum absolute atomic E-state index is 11.8. The van der Waals surface area contributed by atoms with Crippen molar-refractivity contribution in [2.45, 2.75) is 11.9 Å². The van der Waals surface area contributed by atoms with E-state index in [9.17, 15) is 26.9 Å². The molecule has 2 N–H and O–H groups in total. The number of sulfone groups is 1. The van der Waals surface area contributed by atoms with Crippen LogP contribution in [0.2, 0.25) is 0 Å². The molecule has 1 aromatic heterocycles. The van der Waals surface area contributed by atoms with Gasteiger partial charge >= 0.3 is 5.69 Å². The largest absolute Gasteiger partial charge is 0.306 e. The Labute approximate surface area is 109 Å². The Bertz CT molecular complexity index is 710. The number of primary sulfonamides is 1. The number of pyridine rings is 1. The van der Waals surface area contributed by atoms with Gasteiger partial charge in [-0.1, -0.05) is 0 Å². The smallest absolute Gasteiger partial charge is 0.258 e. The van der Waals surface area contributed by atoms with Gasteiger partial charge in [-0.25, -0.2) is 27.0 Å². The highest BCUT2D eigenvalue weighted by Crippen LogP contribution is 2.23. The maximum Gasteiger partial charge on any atom is 0.306 e. The van der Waals surface area contributed by atoms with Crippen molar-refractivity contribution in [2.24, 2.45) is 5.14 Å². The zero-order chi connectivity index (χ0) is 14.8. The summed E-state index contributed by atoms with van der Waals surface area (Å²) in [5, 5.41) is 14.7. The summed E-state index contributed by atoms with van der Waals surface area (Å²) in [4.78, 5) is 13.4. The first-order chi connectivity index (χ1) is 8.53. The van der Waals surface area contributed by atoms with Crippen LogP contribution in [0.25, 0.3) is 0 Å². The Balaban J connectivity index is 3.25. The Morgan fingerprint density at radius 1 is 1.32 bits per heavy atom. The number of nitrogens with two attached hydrogens (primary N) is 1. The molecule has 0 aromatic carbocycles. The summed E-state index contributed by atoms with van der Waals surface area (Å²) in [7, 11) is -8.18. The van der Waals surface area contributed by atoms with E-state index in [1.807, 2.05) is 0 Å². The molecular formula is C8H11N3O6S2. The fourth-order valence-electron chi connectivity index (χ4n) is 1.23. The molecule has 9 nitrogen and oxygen atoms in total. The molecule has 1 heterocycles. The van der Waals surface area contributed by atoms with Gasteiger partial charge in [0, 0.05) is 12.3 Å². The first-order valence-corrected chi connectivity index (χ1v) is 8.24. The van der Waals surface area contributed by atoms with E-state index in [4.69, 9.17) is 5.14 Å². The van der Waals surface area contributed by atoms with Crippen molar-refractivity contribution in [1.29, 1.82) is 0 Å². The number of sulfonamides is 1. The molecule has 106 valence electrons. The first-order valence-electron chi connectivity index (χ1n) is 4.87. The van der Waals surface area contributed by atoms with Gasteiger partial charge in [0.15, 0.2) is 0 Å². The van der Waals surface area contributed by atoms with Gasteiger partial charge in [0.25, 0.3) is 0 Å². The van der Waals surface area contributed by atoms with Crippen LogP contribution < -0.4 is 5.14 Å². The lowest BCUT2D eigenvalue weighted by Crippen LogP contribution is -2.24. The number of hydrogen-bond acceptors (Lipinski definition) is 7. The minimum absolute atomic E-state index is 0.414. The number of nitro groups is 1. The zero-order valence-corrected chi connectivity index (χ0v) is 11.4. The van der Waals surface area contributed by atoms with E-state index in [1.54, 1.807) is 0 Å². The molecule has 0 aliphatic heterocycles. The molecule has 0 aliphatic rings. The Morgan fingerprint density at radius 3 is 2.37 bits per heavy atom. The summed E-state index contributed by atoms with van der Waals surface area (Å²) >= 11 is 0. The van der Waals surface area contributed by atoms with Gasteiger partial charge in [0.1, 0.15) is 0 Å². The average molecular weight is 309 g/mol. The lowest BCUT2D eigenvalue weighted by atomic mass is 10.3. The van der Waals surface area contributed by atoms with E-state index in [2.05, 4.69) is 4.98 Å². The molecule has 1 rings (SSSR count). The lowest BCUT2D eigenvalue weighted by molar-refractivity contribution is -0.388. The van der Waals surface area contributed by atoms with Crippen LogP contribution in [0.15, 0.2) is 17.3 Å². The topological polar surface area (TPSA) is 150 Å². The molecular weight excluding hydrogens is 298 g/mol. The van der Waals surface area contributed by atoms with Crippen LogP contribution in [0.4, 0.5) is 5.69 Å². The minimum atomic E-state index is -4.20. The molecule has 0 saturated heterocycles. The highest BCUT2D eigenvalue weighted by atomic mass is 32.2. The zero-order valence-electron chi connectivity index (χ0n) is 9.81. The fourth-order valence-corrected chi connectivity index (χ4v) is 3.90. The average Bonchev–Trinajstić information content (AvgIpc) is 2.25. The summed E-state index contributed by atoms with van der Waals surface area (Å²) in [6.45, 7) is 1.51. The summed E-state index contributed by atoms with van der Waals surface area (Å²) in [5.41, 5.74) is -0.272. The van der Waals surface area contributed by atoms with E-state index in [0.717, 1.165) is 12.3 Å². The standard InChI is InChI=1S/C8H11N3O6S2/c1-6-4-7(11(12)13)8(10-5-6)18(14,15)2-3-19(9,16)17/h4-5H,2-3H2,1H3,(H2,9,16,17). The second kappa shape index (κ2) is 5.19. The van der Waals surface area contributed by atoms with Crippen LogP contribution >= 0.6 is 0 Å². The molecule has 0 saturated carbocycles. The predicted molar refractivity (Wildman–Crippen MR) is 65.7 cm³/mol. The molecule has 0 amide bonds. The highest BCUT2D eigenvalue weighted by molar-refractivity contribution is 7.94. The number of aryl methyl sites for hydroxylation is 1. The molecule has 0 spiro atoms. The molecule has 19 heavy (non-hydrogen) atoms. The summed E-state index contributed by atoms with van der Waals surface area (Å²) in [5.74, 6) is -1.69. The number of aromatic nitrogens is 1. The third-order valence-electron chi connectivity index (χ3n) is 2.10. The second-order valence-corrected chi connectivity index (χ2v) is 7.54. The van der Waals surface area contributed by atoms with Gasteiger partial charge < -0.3 is 0 Å². The molecule has 11 heteroatoms. The summed E-state index contributed by atoms with van der Waals surface area (Å²) < 4.78 is 45.1. The van der Waals surface area contributed by atoms with Crippen molar-refractivity contribution in [3.8, 4) is 0 Å². The lowest BCUT2D eigenvalue weighted by Gasteiger charge is -2.04. The van der Waals surface area contributed by atoms with Crippen molar-refractivity contribution in [2.75, 3.05) is 11.5 Å². The van der Waals surface area contributed by atoms with E-state index in [1.165, 1.54) is 6.92 Å². The van der Waals surface area contributed by atoms with E-state index in [-0.39, 0.29) is 0 Å². The molecule has 0 atom stereocenters. The van der Waals surface area contributed by atoms with Gasteiger partial charge in [-0.05, 0) is 12.5 Å². The van der Waals surface area contributed by atoms with Crippen molar-refractivity contribution in [3.63, 3.8) is 0 Å². The Morgan fingerprint density at radius 2 is 1.89 bits per heavy atom. The monoisotopic (exact) mass is 309 g/mol. The van der Waals surface area contributed by atoms with E-state index in [0.29, 0.717) is 5.56 Å². The molecule has 0 bridgehead atoms. The summed E-state index contributed by atoms with van der Waals surface area (Å²) in [6.07, 6.45) is 1.15. The van der Waals surface area contributed by atoms with Crippen molar-refractivity contribution in [1.82, 2.24) is 4.98 Å². The third-order valence-corrected chi connectivity index (χ3v) is 4.77. The number of hydrogen-bond donors (Lipinski definition) is 1. The minimum Gasteiger partial charge on any atom is -0.258 e. The van der Waals surface area contributed by atoms with Crippen LogP contribution in [-0.4, -0.2) is 38.2 Å².